The Morgan fingerprint density at radius 3 is 2.45 bits per heavy atom. The van der Waals surface area contributed by atoms with Gasteiger partial charge in [0.1, 0.15) is 0 Å². The van der Waals surface area contributed by atoms with Crippen LogP contribution in [0.15, 0.2) is 24.3 Å². The van der Waals surface area contributed by atoms with Gasteiger partial charge in [-0.15, -0.1) is 0 Å². The molecule has 1 saturated heterocycles. The molecule has 1 aromatic rings. The van der Waals surface area contributed by atoms with Crippen molar-refractivity contribution in [3.8, 4) is 0 Å². The molecule has 1 fully saturated rings. The van der Waals surface area contributed by atoms with E-state index in [4.69, 9.17) is 0 Å². The van der Waals surface area contributed by atoms with Gasteiger partial charge in [0.25, 0.3) is 10.2 Å². The smallest absolute Gasteiger partial charge is 0.299 e. The summed E-state index contributed by atoms with van der Waals surface area (Å²) in [6.45, 7) is 6.27. The van der Waals surface area contributed by atoms with Crippen LogP contribution >= 0.6 is 0 Å². The highest BCUT2D eigenvalue weighted by molar-refractivity contribution is 7.90. The van der Waals surface area contributed by atoms with Gasteiger partial charge in [0.15, 0.2) is 0 Å². The molecule has 0 radical (unpaired) electrons. The van der Waals surface area contributed by atoms with Gasteiger partial charge >= 0.3 is 0 Å². The molecule has 2 rings (SSSR count). The first kappa shape index (κ1) is 15.1. The van der Waals surface area contributed by atoms with Crippen LogP contribution in [0.1, 0.15) is 13.3 Å². The molecule has 3 N–H and O–H groups in total. The van der Waals surface area contributed by atoms with Crippen LogP contribution in [0.4, 0.5) is 11.4 Å². The van der Waals surface area contributed by atoms with Crippen molar-refractivity contribution in [3.05, 3.63) is 24.3 Å². The van der Waals surface area contributed by atoms with E-state index in [-0.39, 0.29) is 0 Å². The lowest BCUT2D eigenvalue weighted by Crippen LogP contribution is -2.43. The number of nitrogens with zero attached hydrogens (tertiary/aromatic N) is 1. The molecule has 20 heavy (non-hydrogen) atoms. The molecule has 0 aliphatic carbocycles. The lowest BCUT2D eigenvalue weighted by atomic mass is 10.2. The summed E-state index contributed by atoms with van der Waals surface area (Å²) in [4.78, 5) is 2.28. The highest BCUT2D eigenvalue weighted by Crippen LogP contribution is 2.18. The summed E-state index contributed by atoms with van der Waals surface area (Å²) in [6.07, 6.45) is 0.767. The molecular formula is C13H22N4O2S. The Morgan fingerprint density at radius 2 is 1.85 bits per heavy atom. The van der Waals surface area contributed by atoms with Crippen molar-refractivity contribution in [3.63, 3.8) is 0 Å². The second kappa shape index (κ2) is 6.92. The molecule has 1 heterocycles. The summed E-state index contributed by atoms with van der Waals surface area (Å²) in [5, 5.41) is 3.30. The summed E-state index contributed by atoms with van der Waals surface area (Å²) >= 11 is 0. The number of piperazine rings is 1. The van der Waals surface area contributed by atoms with Crippen molar-refractivity contribution in [2.24, 2.45) is 0 Å². The highest BCUT2D eigenvalue weighted by atomic mass is 32.2. The molecule has 0 unspecified atom stereocenters. The number of anilines is 2. The van der Waals surface area contributed by atoms with Crippen molar-refractivity contribution in [2.75, 3.05) is 42.3 Å². The van der Waals surface area contributed by atoms with Crippen LogP contribution < -0.4 is 19.7 Å². The van der Waals surface area contributed by atoms with Gasteiger partial charge in [0.2, 0.25) is 0 Å². The molecule has 1 aliphatic heterocycles. The Labute approximate surface area is 120 Å². The molecule has 0 saturated carbocycles. The van der Waals surface area contributed by atoms with E-state index in [0.29, 0.717) is 12.2 Å². The van der Waals surface area contributed by atoms with Crippen molar-refractivity contribution in [1.82, 2.24) is 10.0 Å². The molecule has 0 amide bonds. The zero-order valence-corrected chi connectivity index (χ0v) is 12.5. The summed E-state index contributed by atoms with van der Waals surface area (Å²) in [5.41, 5.74) is 1.70. The molecule has 112 valence electrons. The van der Waals surface area contributed by atoms with Crippen LogP contribution in [0.3, 0.4) is 0 Å². The lowest BCUT2D eigenvalue weighted by molar-refractivity contribution is 0.586. The number of rotatable bonds is 6. The van der Waals surface area contributed by atoms with E-state index < -0.39 is 10.2 Å². The number of hydrogen-bond acceptors (Lipinski definition) is 4. The quantitative estimate of drug-likeness (QED) is 0.725. The third-order valence-electron chi connectivity index (χ3n) is 3.14. The monoisotopic (exact) mass is 298 g/mol. The molecule has 6 nitrogen and oxygen atoms in total. The first-order chi connectivity index (χ1) is 9.61. The number of hydrogen-bond donors (Lipinski definition) is 3. The first-order valence-electron chi connectivity index (χ1n) is 6.94. The minimum Gasteiger partial charge on any atom is -0.369 e. The molecule has 0 spiro atoms. The van der Waals surface area contributed by atoms with Crippen molar-refractivity contribution in [2.45, 2.75) is 13.3 Å². The third-order valence-corrected chi connectivity index (χ3v) is 4.23. The summed E-state index contributed by atoms with van der Waals surface area (Å²) in [7, 11) is -3.46. The van der Waals surface area contributed by atoms with Crippen molar-refractivity contribution < 1.29 is 8.42 Å². The maximum Gasteiger partial charge on any atom is 0.299 e. The average Bonchev–Trinajstić information content (AvgIpc) is 2.46. The van der Waals surface area contributed by atoms with Gasteiger partial charge in [0.05, 0.1) is 0 Å². The first-order valence-corrected chi connectivity index (χ1v) is 8.42. The molecule has 0 aromatic heterocycles. The Hall–Kier alpha value is -1.31. The molecule has 1 aromatic carbocycles. The van der Waals surface area contributed by atoms with E-state index in [1.54, 1.807) is 12.1 Å². The van der Waals surface area contributed by atoms with Crippen molar-refractivity contribution >= 4 is 21.6 Å². The Morgan fingerprint density at radius 1 is 1.20 bits per heavy atom. The van der Waals surface area contributed by atoms with E-state index in [1.807, 2.05) is 19.1 Å². The highest BCUT2D eigenvalue weighted by Gasteiger charge is 2.11. The SMILES string of the molecule is CCCNS(=O)(=O)Nc1ccc(N2CCNCC2)cc1. The second-order valence-corrected chi connectivity index (χ2v) is 6.28. The number of nitrogens with one attached hydrogen (secondary N) is 3. The van der Waals surface area contributed by atoms with Gasteiger partial charge in [0, 0.05) is 44.1 Å². The van der Waals surface area contributed by atoms with Crippen LogP contribution in [0.2, 0.25) is 0 Å². The van der Waals surface area contributed by atoms with Crippen LogP contribution in [-0.2, 0) is 10.2 Å². The fourth-order valence-electron chi connectivity index (χ4n) is 2.09. The fraction of sp³-hybridized carbons (Fsp3) is 0.538. The topological polar surface area (TPSA) is 73.5 Å². The van der Waals surface area contributed by atoms with E-state index in [9.17, 15) is 8.42 Å². The molecule has 0 bridgehead atoms. The van der Waals surface area contributed by atoms with E-state index in [0.717, 1.165) is 38.3 Å². The molecule has 1 aliphatic rings. The van der Waals surface area contributed by atoms with E-state index in [1.165, 1.54) is 0 Å². The van der Waals surface area contributed by atoms with E-state index in [2.05, 4.69) is 19.7 Å². The van der Waals surface area contributed by atoms with Gasteiger partial charge in [-0.25, -0.2) is 0 Å². The Bertz CT molecular complexity index is 510. The predicted octanol–water partition coefficient (Wildman–Crippen LogP) is 0.752. The van der Waals surface area contributed by atoms with Gasteiger partial charge < -0.3 is 10.2 Å². The van der Waals surface area contributed by atoms with Gasteiger partial charge in [-0.05, 0) is 30.7 Å². The Kier molecular flexibility index (Phi) is 5.22. The summed E-state index contributed by atoms with van der Waals surface area (Å²) < 4.78 is 28.4. The van der Waals surface area contributed by atoms with Gasteiger partial charge in [-0.1, -0.05) is 6.92 Å². The van der Waals surface area contributed by atoms with Crippen LogP contribution in [0.5, 0.6) is 0 Å². The fourth-order valence-corrected chi connectivity index (χ4v) is 3.08. The maximum atomic E-state index is 11.7. The van der Waals surface area contributed by atoms with Crippen LogP contribution in [-0.4, -0.2) is 41.1 Å². The zero-order valence-electron chi connectivity index (χ0n) is 11.7. The minimum atomic E-state index is -3.46. The minimum absolute atomic E-state index is 0.439. The van der Waals surface area contributed by atoms with E-state index >= 15 is 0 Å². The lowest BCUT2D eigenvalue weighted by Gasteiger charge is -2.29. The zero-order chi connectivity index (χ0) is 14.4. The predicted molar refractivity (Wildman–Crippen MR) is 82.4 cm³/mol. The van der Waals surface area contributed by atoms with Crippen LogP contribution in [0, 0.1) is 0 Å². The Balaban J connectivity index is 1.97. The van der Waals surface area contributed by atoms with Gasteiger partial charge in [-0.2, -0.15) is 13.1 Å². The average molecular weight is 298 g/mol. The molecular weight excluding hydrogens is 276 g/mol. The molecule has 0 atom stereocenters. The number of benzene rings is 1. The summed E-state index contributed by atoms with van der Waals surface area (Å²) in [5.74, 6) is 0. The maximum absolute atomic E-state index is 11.7. The van der Waals surface area contributed by atoms with Gasteiger partial charge in [-0.3, -0.25) is 4.72 Å². The largest absolute Gasteiger partial charge is 0.369 e. The van der Waals surface area contributed by atoms with Crippen molar-refractivity contribution in [1.29, 1.82) is 0 Å². The summed E-state index contributed by atoms with van der Waals surface area (Å²) in [6, 6.07) is 7.48. The van der Waals surface area contributed by atoms with Crippen LogP contribution in [0.25, 0.3) is 0 Å². The third kappa shape index (κ3) is 4.36. The standard InChI is InChI=1S/C13H22N4O2S/c1-2-7-15-20(18,19)16-12-3-5-13(6-4-12)17-10-8-14-9-11-17/h3-6,14-16H,2,7-11H2,1H3. The second-order valence-electron chi connectivity index (χ2n) is 4.78. The normalized spacial score (nSPS) is 16.1. The molecule has 7 heteroatoms.